The van der Waals surface area contributed by atoms with Crippen LogP contribution in [0.25, 0.3) is 0 Å². The second kappa shape index (κ2) is 8.11. The lowest BCUT2D eigenvalue weighted by atomic mass is 9.82. The highest BCUT2D eigenvalue weighted by Gasteiger charge is 2.52. The third-order valence-corrected chi connectivity index (χ3v) is 6.46. The second-order valence-corrected chi connectivity index (χ2v) is 8.51. The van der Waals surface area contributed by atoms with Gasteiger partial charge < -0.3 is 5.32 Å². The number of hydrazone groups is 1. The van der Waals surface area contributed by atoms with Gasteiger partial charge in [-0.05, 0) is 30.5 Å². The van der Waals surface area contributed by atoms with E-state index in [2.05, 4.69) is 15.8 Å². The van der Waals surface area contributed by atoms with Gasteiger partial charge in [-0.3, -0.25) is 20.0 Å². The molecule has 4 amide bonds. The lowest BCUT2D eigenvalue weighted by Crippen LogP contribution is -2.52. The first-order valence-electron chi connectivity index (χ1n) is 11.0. The van der Waals surface area contributed by atoms with E-state index in [0.717, 1.165) is 35.5 Å². The van der Waals surface area contributed by atoms with E-state index >= 15 is 0 Å². The molecule has 0 bridgehead atoms. The van der Waals surface area contributed by atoms with Gasteiger partial charge in [0.1, 0.15) is 11.3 Å². The first kappa shape index (κ1) is 20.2. The van der Waals surface area contributed by atoms with Crippen molar-refractivity contribution >= 4 is 29.2 Å². The van der Waals surface area contributed by atoms with Crippen LogP contribution in [-0.2, 0) is 9.59 Å². The number of carbonyl (C=O) groups excluding carboxylic acids is 3. The van der Waals surface area contributed by atoms with Crippen LogP contribution >= 0.6 is 0 Å². The van der Waals surface area contributed by atoms with Crippen molar-refractivity contribution in [2.45, 2.75) is 50.1 Å². The van der Waals surface area contributed by atoms with Crippen LogP contribution in [0.2, 0.25) is 0 Å². The number of hydrogen-bond donors (Lipinski definition) is 2. The number of carbonyl (C=O) groups is 3. The SMILES string of the molecule is O=C(NN1C(=O)NC2(CCCCC2)C1=O)C1=NN(c2ccccc2)C(c2ccccc2)C1. The molecule has 1 aliphatic carbocycles. The Labute approximate surface area is 186 Å². The van der Waals surface area contributed by atoms with Gasteiger partial charge in [0.05, 0.1) is 11.7 Å². The molecule has 8 heteroatoms. The molecule has 2 heterocycles. The summed E-state index contributed by atoms with van der Waals surface area (Å²) in [5.41, 5.74) is 3.78. The minimum Gasteiger partial charge on any atom is -0.322 e. The summed E-state index contributed by atoms with van der Waals surface area (Å²) in [6.07, 6.45) is 4.37. The molecule has 0 aromatic heterocycles. The van der Waals surface area contributed by atoms with Crippen LogP contribution in [0.15, 0.2) is 65.8 Å². The molecule has 8 nitrogen and oxygen atoms in total. The van der Waals surface area contributed by atoms with Gasteiger partial charge in [0, 0.05) is 6.42 Å². The largest absolute Gasteiger partial charge is 0.344 e. The maximum absolute atomic E-state index is 13.1. The molecule has 2 aromatic carbocycles. The Morgan fingerprint density at radius 3 is 2.31 bits per heavy atom. The average Bonchev–Trinajstić information content (AvgIpc) is 3.37. The molecule has 5 rings (SSSR count). The number of nitrogens with one attached hydrogen (secondary N) is 2. The van der Waals surface area contributed by atoms with E-state index in [9.17, 15) is 14.4 Å². The van der Waals surface area contributed by atoms with Crippen molar-refractivity contribution in [3.8, 4) is 0 Å². The zero-order chi connectivity index (χ0) is 22.1. The maximum atomic E-state index is 13.1. The summed E-state index contributed by atoms with van der Waals surface area (Å²) in [4.78, 5) is 38.6. The predicted octanol–water partition coefficient (Wildman–Crippen LogP) is 3.28. The zero-order valence-corrected chi connectivity index (χ0v) is 17.7. The fourth-order valence-electron chi connectivity index (χ4n) is 4.78. The van der Waals surface area contributed by atoms with Gasteiger partial charge in [-0.25, -0.2) is 4.79 Å². The van der Waals surface area contributed by atoms with Gasteiger partial charge in [0.15, 0.2) is 0 Å². The Morgan fingerprint density at radius 2 is 1.62 bits per heavy atom. The Balaban J connectivity index is 1.37. The highest BCUT2D eigenvalue weighted by molar-refractivity contribution is 6.40. The Kier molecular flexibility index (Phi) is 5.13. The van der Waals surface area contributed by atoms with Crippen LogP contribution in [-0.4, -0.2) is 34.1 Å². The number of hydrogen-bond acceptors (Lipinski definition) is 5. The average molecular weight is 431 g/mol. The van der Waals surface area contributed by atoms with Crippen LogP contribution in [0.5, 0.6) is 0 Å². The van der Waals surface area contributed by atoms with Crippen molar-refractivity contribution in [3.05, 3.63) is 66.2 Å². The van der Waals surface area contributed by atoms with Crippen LogP contribution in [0.3, 0.4) is 0 Å². The van der Waals surface area contributed by atoms with Gasteiger partial charge in [0.2, 0.25) is 0 Å². The first-order chi connectivity index (χ1) is 15.6. The molecule has 0 radical (unpaired) electrons. The van der Waals surface area contributed by atoms with Gasteiger partial charge in [0.25, 0.3) is 11.8 Å². The quantitative estimate of drug-likeness (QED) is 0.727. The summed E-state index contributed by atoms with van der Waals surface area (Å²) in [6.45, 7) is 0. The Bertz CT molecular complexity index is 1060. The molecule has 2 N–H and O–H groups in total. The van der Waals surface area contributed by atoms with Gasteiger partial charge in [-0.1, -0.05) is 67.8 Å². The summed E-state index contributed by atoms with van der Waals surface area (Å²) in [7, 11) is 0. The van der Waals surface area contributed by atoms with E-state index in [1.165, 1.54) is 0 Å². The van der Waals surface area contributed by atoms with E-state index in [0.29, 0.717) is 19.3 Å². The molecule has 1 atom stereocenters. The van der Waals surface area contributed by atoms with Crippen LogP contribution in [0.4, 0.5) is 10.5 Å². The number of imide groups is 1. The Hall–Kier alpha value is -3.68. The van der Waals surface area contributed by atoms with Crippen molar-refractivity contribution in [2.75, 3.05) is 5.01 Å². The summed E-state index contributed by atoms with van der Waals surface area (Å²) in [5.74, 6) is -0.922. The van der Waals surface area contributed by atoms with Crippen molar-refractivity contribution in [1.29, 1.82) is 0 Å². The van der Waals surface area contributed by atoms with Crippen molar-refractivity contribution in [2.24, 2.45) is 5.10 Å². The monoisotopic (exact) mass is 431 g/mol. The zero-order valence-electron chi connectivity index (χ0n) is 17.7. The molecule has 2 fully saturated rings. The minimum absolute atomic E-state index is 0.160. The lowest BCUT2D eigenvalue weighted by Gasteiger charge is -2.30. The highest BCUT2D eigenvalue weighted by atomic mass is 16.2. The number of urea groups is 1. The van der Waals surface area contributed by atoms with E-state index in [-0.39, 0.29) is 17.7 Å². The fourth-order valence-corrected chi connectivity index (χ4v) is 4.78. The molecule has 1 saturated carbocycles. The lowest BCUT2D eigenvalue weighted by molar-refractivity contribution is -0.138. The second-order valence-electron chi connectivity index (χ2n) is 8.51. The van der Waals surface area contributed by atoms with Gasteiger partial charge in [-0.2, -0.15) is 10.1 Å². The molecule has 32 heavy (non-hydrogen) atoms. The standard InChI is InChI=1S/C24H25N5O3/c30-21(27-29-22(31)24(25-23(29)32)14-8-3-9-15-24)19-16-20(17-10-4-1-5-11-17)28(26-19)18-12-6-2-7-13-18/h1-2,4-7,10-13,20H,3,8-9,14-16H2,(H,25,32)(H,27,30). The number of nitrogens with zero attached hydrogens (tertiary/aromatic N) is 3. The number of amides is 4. The number of para-hydroxylation sites is 1. The topological polar surface area (TPSA) is 94.1 Å². The molecule has 2 aliphatic heterocycles. The van der Waals surface area contributed by atoms with Gasteiger partial charge >= 0.3 is 6.03 Å². The fraction of sp³-hybridized carbons (Fsp3) is 0.333. The normalized spacial score (nSPS) is 22.1. The van der Waals surface area contributed by atoms with Crippen LogP contribution in [0.1, 0.15) is 50.1 Å². The van der Waals surface area contributed by atoms with E-state index < -0.39 is 17.5 Å². The van der Waals surface area contributed by atoms with E-state index in [1.54, 1.807) is 0 Å². The number of benzene rings is 2. The molecule has 2 aromatic rings. The smallest absolute Gasteiger partial charge is 0.322 e. The molecular weight excluding hydrogens is 406 g/mol. The highest BCUT2D eigenvalue weighted by Crippen LogP contribution is 2.36. The molecule has 1 saturated heterocycles. The first-order valence-corrected chi connectivity index (χ1v) is 11.0. The maximum Gasteiger partial charge on any atom is 0.344 e. The number of hydrazine groups is 1. The summed E-state index contributed by atoms with van der Waals surface area (Å²) < 4.78 is 0. The third kappa shape index (κ3) is 3.51. The molecule has 1 unspecified atom stereocenters. The van der Waals surface area contributed by atoms with E-state index in [4.69, 9.17) is 0 Å². The summed E-state index contributed by atoms with van der Waals surface area (Å²) in [6, 6.07) is 18.7. The number of anilines is 1. The van der Waals surface area contributed by atoms with Gasteiger partial charge in [-0.15, -0.1) is 0 Å². The predicted molar refractivity (Wildman–Crippen MR) is 119 cm³/mol. The van der Waals surface area contributed by atoms with Crippen LogP contribution < -0.4 is 15.8 Å². The van der Waals surface area contributed by atoms with Crippen LogP contribution in [0, 0.1) is 0 Å². The Morgan fingerprint density at radius 1 is 0.969 bits per heavy atom. The van der Waals surface area contributed by atoms with Crippen molar-refractivity contribution < 1.29 is 14.4 Å². The third-order valence-electron chi connectivity index (χ3n) is 6.46. The minimum atomic E-state index is -0.886. The summed E-state index contributed by atoms with van der Waals surface area (Å²) in [5, 5.41) is 10.0. The molecule has 164 valence electrons. The van der Waals surface area contributed by atoms with Crippen molar-refractivity contribution in [1.82, 2.24) is 15.8 Å². The molecule has 1 spiro atoms. The summed E-state index contributed by atoms with van der Waals surface area (Å²) >= 11 is 0. The van der Waals surface area contributed by atoms with E-state index in [1.807, 2.05) is 65.7 Å². The molecular formula is C24H25N5O3. The molecule has 3 aliphatic rings. The number of rotatable bonds is 4. The van der Waals surface area contributed by atoms with Crippen molar-refractivity contribution in [3.63, 3.8) is 0 Å².